The number of carbonyl (C=O) groups is 3. The standard InChI is InChI=1S/C24H27BrN2O8S/c1-34-24(31)23-18(28)5-4-6-19(23)35-12-3-2-11-26-21(29)10-8-15-7-9-16(17(25)13-15)20-14-22(30)27-36(20,32)33/h4-7,9,13,20,28H,2-3,8,10-12,14H2,1H3,(H,26,29)(H,27,30). The fourth-order valence-corrected chi connectivity index (χ4v) is 6.05. The number of esters is 1. The van der Waals surface area contributed by atoms with Crippen molar-refractivity contribution in [2.24, 2.45) is 0 Å². The molecule has 0 aromatic heterocycles. The second-order valence-corrected chi connectivity index (χ2v) is 10.9. The number of rotatable bonds is 11. The van der Waals surface area contributed by atoms with E-state index in [4.69, 9.17) is 4.74 Å². The van der Waals surface area contributed by atoms with E-state index in [-0.39, 0.29) is 35.8 Å². The van der Waals surface area contributed by atoms with Gasteiger partial charge < -0.3 is 19.9 Å². The molecule has 194 valence electrons. The second-order valence-electron chi connectivity index (χ2n) is 8.17. The van der Waals surface area contributed by atoms with Crippen LogP contribution in [0.2, 0.25) is 0 Å². The summed E-state index contributed by atoms with van der Waals surface area (Å²) in [5.41, 5.74) is 1.34. The summed E-state index contributed by atoms with van der Waals surface area (Å²) in [5, 5.41) is 11.8. The van der Waals surface area contributed by atoms with Crippen molar-refractivity contribution in [3.8, 4) is 11.5 Å². The molecule has 0 saturated carbocycles. The molecule has 0 aliphatic carbocycles. The largest absolute Gasteiger partial charge is 0.507 e. The number of halogens is 1. The SMILES string of the molecule is COC(=O)c1c(O)cccc1OCCCCNC(=O)CCc1ccc(C2CC(=O)NS2(=O)=O)c(Br)c1. The van der Waals surface area contributed by atoms with Crippen molar-refractivity contribution in [2.75, 3.05) is 20.3 Å². The van der Waals surface area contributed by atoms with Gasteiger partial charge >= 0.3 is 5.97 Å². The molecule has 1 fully saturated rings. The lowest BCUT2D eigenvalue weighted by Crippen LogP contribution is -2.25. The summed E-state index contributed by atoms with van der Waals surface area (Å²) in [4.78, 5) is 35.5. The van der Waals surface area contributed by atoms with E-state index in [9.17, 15) is 27.9 Å². The Labute approximate surface area is 217 Å². The number of amides is 2. The molecular formula is C24H27BrN2O8S. The van der Waals surface area contributed by atoms with E-state index in [2.05, 4.69) is 26.0 Å². The number of aromatic hydroxyl groups is 1. The van der Waals surface area contributed by atoms with Gasteiger partial charge in [0.2, 0.25) is 21.8 Å². The van der Waals surface area contributed by atoms with E-state index in [1.807, 2.05) is 4.72 Å². The number of hydrogen-bond donors (Lipinski definition) is 3. The normalized spacial score (nSPS) is 16.3. The number of phenols is 1. The van der Waals surface area contributed by atoms with Crippen LogP contribution in [-0.4, -0.2) is 51.6 Å². The number of aryl methyl sites for hydroxylation is 1. The maximum Gasteiger partial charge on any atom is 0.345 e. The van der Waals surface area contributed by atoms with Gasteiger partial charge in [0.05, 0.1) is 20.1 Å². The van der Waals surface area contributed by atoms with Crippen molar-refractivity contribution in [2.45, 2.75) is 37.4 Å². The van der Waals surface area contributed by atoms with Gasteiger partial charge in [-0.1, -0.05) is 34.1 Å². The van der Waals surface area contributed by atoms with Crippen LogP contribution in [0.5, 0.6) is 11.5 Å². The number of methoxy groups -OCH3 is 1. The predicted octanol–water partition coefficient (Wildman–Crippen LogP) is 2.74. The average molecular weight is 583 g/mol. The summed E-state index contributed by atoms with van der Waals surface area (Å²) in [5.74, 6) is -1.32. The van der Waals surface area contributed by atoms with Crippen molar-refractivity contribution in [3.63, 3.8) is 0 Å². The number of carbonyl (C=O) groups excluding carboxylic acids is 3. The molecule has 2 amide bonds. The summed E-state index contributed by atoms with van der Waals surface area (Å²) in [6.45, 7) is 0.747. The summed E-state index contributed by atoms with van der Waals surface area (Å²) in [7, 11) is -2.51. The van der Waals surface area contributed by atoms with Crippen molar-refractivity contribution in [1.82, 2.24) is 10.0 Å². The van der Waals surface area contributed by atoms with E-state index in [1.54, 1.807) is 30.3 Å². The number of hydrogen-bond acceptors (Lipinski definition) is 8. The highest BCUT2D eigenvalue weighted by Crippen LogP contribution is 2.35. The Kier molecular flexibility index (Phi) is 9.32. The molecule has 2 aromatic rings. The predicted molar refractivity (Wildman–Crippen MR) is 134 cm³/mol. The van der Waals surface area contributed by atoms with Crippen LogP contribution in [0.3, 0.4) is 0 Å². The van der Waals surface area contributed by atoms with Gasteiger partial charge in [0.25, 0.3) is 0 Å². The third-order valence-electron chi connectivity index (χ3n) is 5.60. The molecule has 1 aliphatic heterocycles. The lowest BCUT2D eigenvalue weighted by atomic mass is 10.0. The molecule has 1 unspecified atom stereocenters. The van der Waals surface area contributed by atoms with Crippen LogP contribution in [0.1, 0.15) is 52.4 Å². The van der Waals surface area contributed by atoms with Crippen LogP contribution in [0, 0.1) is 0 Å². The molecule has 1 atom stereocenters. The molecule has 12 heteroatoms. The Morgan fingerprint density at radius 1 is 1.22 bits per heavy atom. The van der Waals surface area contributed by atoms with Crippen molar-refractivity contribution < 1.29 is 37.4 Å². The molecule has 0 bridgehead atoms. The summed E-state index contributed by atoms with van der Waals surface area (Å²) in [6.07, 6.45) is 1.88. The zero-order valence-corrected chi connectivity index (χ0v) is 22.0. The van der Waals surface area contributed by atoms with Crippen LogP contribution in [-0.2, 0) is 30.8 Å². The first-order valence-electron chi connectivity index (χ1n) is 11.2. The molecule has 1 aliphatic rings. The zero-order chi connectivity index (χ0) is 26.3. The lowest BCUT2D eigenvalue weighted by Gasteiger charge is -2.12. The fourth-order valence-electron chi connectivity index (χ4n) is 3.74. The quantitative estimate of drug-likeness (QED) is 0.270. The Hall–Kier alpha value is -3.12. The topological polar surface area (TPSA) is 148 Å². The highest BCUT2D eigenvalue weighted by atomic mass is 79.9. The Balaban J connectivity index is 1.39. The minimum atomic E-state index is -3.73. The van der Waals surface area contributed by atoms with E-state index in [1.165, 1.54) is 13.2 Å². The van der Waals surface area contributed by atoms with Gasteiger partial charge in [0.15, 0.2) is 0 Å². The third-order valence-corrected chi connectivity index (χ3v) is 7.97. The molecule has 1 saturated heterocycles. The molecule has 10 nitrogen and oxygen atoms in total. The van der Waals surface area contributed by atoms with E-state index >= 15 is 0 Å². The van der Waals surface area contributed by atoms with Gasteiger partial charge in [-0.3, -0.25) is 14.3 Å². The maximum absolute atomic E-state index is 12.2. The minimum Gasteiger partial charge on any atom is -0.507 e. The monoisotopic (exact) mass is 582 g/mol. The lowest BCUT2D eigenvalue weighted by molar-refractivity contribution is -0.121. The first kappa shape index (κ1) is 27.5. The zero-order valence-electron chi connectivity index (χ0n) is 19.6. The molecule has 36 heavy (non-hydrogen) atoms. The minimum absolute atomic E-state index is 0.0250. The fraction of sp³-hybridized carbons (Fsp3) is 0.375. The smallest absolute Gasteiger partial charge is 0.345 e. The highest BCUT2D eigenvalue weighted by Gasteiger charge is 2.38. The summed E-state index contributed by atoms with van der Waals surface area (Å²) in [6, 6.07) is 9.70. The molecule has 0 spiro atoms. The number of phenolic OH excluding ortho intramolecular Hbond substituents is 1. The van der Waals surface area contributed by atoms with Gasteiger partial charge in [-0.15, -0.1) is 0 Å². The first-order chi connectivity index (χ1) is 17.1. The number of sulfonamides is 1. The van der Waals surface area contributed by atoms with Gasteiger partial charge in [-0.2, -0.15) is 0 Å². The van der Waals surface area contributed by atoms with Crippen LogP contribution < -0.4 is 14.8 Å². The van der Waals surface area contributed by atoms with E-state index in [0.29, 0.717) is 42.5 Å². The van der Waals surface area contributed by atoms with Crippen molar-refractivity contribution >= 4 is 43.7 Å². The van der Waals surface area contributed by atoms with Crippen molar-refractivity contribution in [3.05, 3.63) is 57.6 Å². The van der Waals surface area contributed by atoms with Crippen LogP contribution in [0.4, 0.5) is 0 Å². The molecule has 3 N–H and O–H groups in total. The molecule has 1 heterocycles. The molecule has 3 rings (SSSR count). The van der Waals surface area contributed by atoms with Crippen LogP contribution >= 0.6 is 15.9 Å². The Morgan fingerprint density at radius 2 is 2.00 bits per heavy atom. The van der Waals surface area contributed by atoms with E-state index in [0.717, 1.165) is 5.56 Å². The number of ether oxygens (including phenoxy) is 2. The van der Waals surface area contributed by atoms with Gasteiger partial charge in [0.1, 0.15) is 22.3 Å². The van der Waals surface area contributed by atoms with Crippen LogP contribution in [0.25, 0.3) is 0 Å². The summed E-state index contributed by atoms with van der Waals surface area (Å²) < 4.78 is 37.0. The first-order valence-corrected chi connectivity index (χ1v) is 13.6. The Morgan fingerprint density at radius 3 is 2.67 bits per heavy atom. The molecular weight excluding hydrogens is 556 g/mol. The molecule has 2 aromatic carbocycles. The van der Waals surface area contributed by atoms with Gasteiger partial charge in [0, 0.05) is 17.4 Å². The number of unbranched alkanes of at least 4 members (excludes halogenated alkanes) is 1. The second kappa shape index (κ2) is 12.2. The van der Waals surface area contributed by atoms with Gasteiger partial charge in [-0.05, 0) is 48.6 Å². The summed E-state index contributed by atoms with van der Waals surface area (Å²) >= 11 is 3.38. The van der Waals surface area contributed by atoms with E-state index < -0.39 is 27.1 Å². The molecule has 0 radical (unpaired) electrons. The third kappa shape index (κ3) is 6.97. The van der Waals surface area contributed by atoms with Crippen LogP contribution in [0.15, 0.2) is 40.9 Å². The number of nitrogens with one attached hydrogen (secondary N) is 2. The van der Waals surface area contributed by atoms with Gasteiger partial charge in [-0.25, -0.2) is 13.2 Å². The van der Waals surface area contributed by atoms with Crippen molar-refractivity contribution in [1.29, 1.82) is 0 Å². The maximum atomic E-state index is 12.2. The number of benzene rings is 2. The average Bonchev–Trinajstić information content (AvgIpc) is 3.11. The Bertz CT molecular complexity index is 1250. The highest BCUT2D eigenvalue weighted by molar-refractivity contribution is 9.10.